The maximum absolute atomic E-state index is 13.6. The lowest BCUT2D eigenvalue weighted by molar-refractivity contribution is 0.158. The molecule has 1 heterocycles. The number of aliphatic hydroxyl groups is 1. The summed E-state index contributed by atoms with van der Waals surface area (Å²) in [5, 5.41) is 11.8. The van der Waals surface area contributed by atoms with Gasteiger partial charge < -0.3 is 5.11 Å². The van der Waals surface area contributed by atoms with Crippen LogP contribution in [0.3, 0.4) is 0 Å². The molecule has 0 fully saturated rings. The monoisotopic (exact) mass is 332 g/mol. The summed E-state index contributed by atoms with van der Waals surface area (Å²) in [6.45, 7) is 0. The zero-order chi connectivity index (χ0) is 13.1. The van der Waals surface area contributed by atoms with E-state index in [0.29, 0.717) is 17.3 Å². The van der Waals surface area contributed by atoms with Crippen LogP contribution < -0.4 is 0 Å². The minimum Gasteiger partial charge on any atom is -0.388 e. The van der Waals surface area contributed by atoms with E-state index in [1.54, 1.807) is 11.3 Å². The van der Waals surface area contributed by atoms with Gasteiger partial charge in [0.05, 0.1) is 11.7 Å². The number of halogens is 3. The van der Waals surface area contributed by atoms with Crippen LogP contribution in [0.1, 0.15) is 23.0 Å². The second-order valence-corrected chi connectivity index (χ2v) is 5.86. The average Bonchev–Trinajstić information content (AvgIpc) is 2.77. The summed E-state index contributed by atoms with van der Waals surface area (Å²) in [6.07, 6.45) is -0.218. The van der Waals surface area contributed by atoms with Gasteiger partial charge in [0.1, 0.15) is 11.6 Å². The molecular formula is C13H11BrF2OS. The molecule has 2 aromatic rings. The highest BCUT2D eigenvalue weighted by molar-refractivity contribution is 9.10. The Balaban J connectivity index is 2.11. The normalized spacial score (nSPS) is 12.7. The Morgan fingerprint density at radius 1 is 1.28 bits per heavy atom. The summed E-state index contributed by atoms with van der Waals surface area (Å²) in [5.74, 6) is -1.44. The molecule has 0 aliphatic heterocycles. The number of hydrogen-bond acceptors (Lipinski definition) is 2. The van der Waals surface area contributed by atoms with Gasteiger partial charge in [-0.3, -0.25) is 0 Å². The van der Waals surface area contributed by atoms with E-state index in [4.69, 9.17) is 0 Å². The Bertz CT molecular complexity index is 505. The smallest absolute Gasteiger partial charge is 0.133 e. The van der Waals surface area contributed by atoms with Gasteiger partial charge in [-0.05, 0) is 36.4 Å². The average molecular weight is 333 g/mol. The summed E-state index contributed by atoms with van der Waals surface area (Å²) >= 11 is 4.57. The molecule has 0 amide bonds. The van der Waals surface area contributed by atoms with Crippen molar-refractivity contribution in [3.05, 3.63) is 56.2 Å². The minimum atomic E-state index is -1.12. The van der Waals surface area contributed by atoms with Gasteiger partial charge in [0.25, 0.3) is 0 Å². The third-order valence-corrected chi connectivity index (χ3v) is 4.02. The Labute approximate surface area is 116 Å². The summed E-state index contributed by atoms with van der Waals surface area (Å²) in [5.41, 5.74) is -0.255. The highest BCUT2D eigenvalue weighted by Gasteiger charge is 2.18. The van der Waals surface area contributed by atoms with E-state index in [2.05, 4.69) is 15.9 Å². The van der Waals surface area contributed by atoms with Crippen LogP contribution in [-0.2, 0) is 6.42 Å². The van der Waals surface area contributed by atoms with Crippen LogP contribution in [0.2, 0.25) is 0 Å². The Morgan fingerprint density at radius 3 is 2.50 bits per heavy atom. The van der Waals surface area contributed by atoms with Crippen LogP contribution >= 0.6 is 27.3 Å². The van der Waals surface area contributed by atoms with E-state index in [0.717, 1.165) is 17.0 Å². The minimum absolute atomic E-state index is 0.255. The molecule has 0 bridgehead atoms. The number of benzene rings is 1. The van der Waals surface area contributed by atoms with E-state index in [1.807, 2.05) is 17.5 Å². The highest BCUT2D eigenvalue weighted by atomic mass is 79.9. The van der Waals surface area contributed by atoms with Crippen molar-refractivity contribution in [2.24, 2.45) is 0 Å². The third-order valence-electron chi connectivity index (χ3n) is 2.62. The fourth-order valence-electron chi connectivity index (χ4n) is 1.75. The summed E-state index contributed by atoms with van der Waals surface area (Å²) in [6, 6.07) is 6.17. The molecule has 0 saturated carbocycles. The predicted molar refractivity (Wildman–Crippen MR) is 71.7 cm³/mol. The molecule has 0 aliphatic carbocycles. The van der Waals surface area contributed by atoms with Gasteiger partial charge in [-0.25, -0.2) is 8.78 Å². The zero-order valence-corrected chi connectivity index (χ0v) is 11.8. The van der Waals surface area contributed by atoms with E-state index in [9.17, 15) is 13.9 Å². The SMILES string of the molecule is OC(CCc1cccs1)c1c(F)cc(Br)cc1F. The fraction of sp³-hybridized carbons (Fsp3) is 0.231. The molecule has 1 aromatic carbocycles. The van der Waals surface area contributed by atoms with Gasteiger partial charge >= 0.3 is 0 Å². The Hall–Kier alpha value is -0.780. The Morgan fingerprint density at radius 2 is 1.94 bits per heavy atom. The lowest BCUT2D eigenvalue weighted by Crippen LogP contribution is -2.05. The van der Waals surface area contributed by atoms with Gasteiger partial charge in [0, 0.05) is 9.35 Å². The van der Waals surface area contributed by atoms with Crippen molar-refractivity contribution >= 4 is 27.3 Å². The zero-order valence-electron chi connectivity index (χ0n) is 9.37. The van der Waals surface area contributed by atoms with E-state index >= 15 is 0 Å². The predicted octanol–water partition coefficient (Wildman–Crippen LogP) is 4.46. The van der Waals surface area contributed by atoms with Gasteiger partial charge in [-0.15, -0.1) is 11.3 Å². The summed E-state index contributed by atoms with van der Waals surface area (Å²) in [7, 11) is 0. The summed E-state index contributed by atoms with van der Waals surface area (Å²) < 4.78 is 27.5. The first-order valence-electron chi connectivity index (χ1n) is 5.43. The molecule has 1 N–H and O–H groups in total. The lowest BCUT2D eigenvalue weighted by atomic mass is 10.0. The van der Waals surface area contributed by atoms with Crippen LogP contribution in [0, 0.1) is 11.6 Å². The number of aryl methyl sites for hydroxylation is 1. The van der Waals surface area contributed by atoms with Crippen molar-refractivity contribution < 1.29 is 13.9 Å². The van der Waals surface area contributed by atoms with Crippen molar-refractivity contribution in [1.29, 1.82) is 0 Å². The van der Waals surface area contributed by atoms with Crippen molar-refractivity contribution in [3.63, 3.8) is 0 Å². The number of hydrogen-bond donors (Lipinski definition) is 1. The Kier molecular flexibility index (Phi) is 4.48. The molecule has 0 saturated heterocycles. The van der Waals surface area contributed by atoms with Crippen LogP contribution in [0.15, 0.2) is 34.1 Å². The molecule has 1 atom stereocenters. The maximum atomic E-state index is 13.6. The van der Waals surface area contributed by atoms with Crippen LogP contribution in [0.4, 0.5) is 8.78 Å². The second-order valence-electron chi connectivity index (χ2n) is 3.92. The third kappa shape index (κ3) is 3.16. The highest BCUT2D eigenvalue weighted by Crippen LogP contribution is 2.28. The molecule has 2 rings (SSSR count). The second kappa shape index (κ2) is 5.91. The van der Waals surface area contributed by atoms with Crippen molar-refractivity contribution in [1.82, 2.24) is 0 Å². The lowest BCUT2D eigenvalue weighted by Gasteiger charge is -2.12. The van der Waals surface area contributed by atoms with Gasteiger partial charge in [-0.2, -0.15) is 0 Å². The molecule has 0 aliphatic rings. The first kappa shape index (κ1) is 13.6. The number of thiophene rings is 1. The fourth-order valence-corrected chi connectivity index (χ4v) is 2.88. The molecule has 5 heteroatoms. The molecule has 0 radical (unpaired) electrons. The topological polar surface area (TPSA) is 20.2 Å². The van der Waals surface area contributed by atoms with Gasteiger partial charge in [-0.1, -0.05) is 22.0 Å². The molecule has 96 valence electrons. The van der Waals surface area contributed by atoms with Crippen LogP contribution in [0.5, 0.6) is 0 Å². The largest absolute Gasteiger partial charge is 0.388 e. The van der Waals surface area contributed by atoms with E-state index in [1.165, 1.54) is 0 Å². The van der Waals surface area contributed by atoms with Crippen molar-refractivity contribution in [3.8, 4) is 0 Å². The quantitative estimate of drug-likeness (QED) is 0.876. The van der Waals surface area contributed by atoms with Gasteiger partial charge in [0.2, 0.25) is 0 Å². The molecule has 1 nitrogen and oxygen atoms in total. The maximum Gasteiger partial charge on any atom is 0.133 e. The first-order valence-corrected chi connectivity index (χ1v) is 7.10. The van der Waals surface area contributed by atoms with Crippen molar-refractivity contribution in [2.45, 2.75) is 18.9 Å². The number of aliphatic hydroxyl groups excluding tert-OH is 1. The van der Waals surface area contributed by atoms with Crippen LogP contribution in [-0.4, -0.2) is 5.11 Å². The van der Waals surface area contributed by atoms with Crippen LogP contribution in [0.25, 0.3) is 0 Å². The standard InChI is InChI=1S/C13H11BrF2OS/c14-8-6-10(15)13(11(16)7-8)12(17)4-3-9-2-1-5-18-9/h1-2,5-7,12,17H,3-4H2. The van der Waals surface area contributed by atoms with Gasteiger partial charge in [0.15, 0.2) is 0 Å². The molecule has 0 spiro atoms. The number of rotatable bonds is 4. The molecule has 18 heavy (non-hydrogen) atoms. The van der Waals surface area contributed by atoms with E-state index in [-0.39, 0.29) is 5.56 Å². The summed E-state index contributed by atoms with van der Waals surface area (Å²) in [4.78, 5) is 1.09. The molecular weight excluding hydrogens is 322 g/mol. The molecule has 1 aromatic heterocycles. The molecule has 1 unspecified atom stereocenters. The van der Waals surface area contributed by atoms with Crippen molar-refractivity contribution in [2.75, 3.05) is 0 Å². The first-order chi connectivity index (χ1) is 8.58. The van der Waals surface area contributed by atoms with E-state index < -0.39 is 17.7 Å².